The third-order valence-corrected chi connectivity index (χ3v) is 5.17. The number of nitrogens with zero attached hydrogens (tertiary/aromatic N) is 2. The van der Waals surface area contributed by atoms with Crippen molar-refractivity contribution in [3.63, 3.8) is 0 Å². The summed E-state index contributed by atoms with van der Waals surface area (Å²) in [5, 5.41) is 6.82. The molecule has 1 unspecified atom stereocenters. The number of likely N-dealkylation sites (tertiary alicyclic amines) is 1. The molecule has 4 nitrogen and oxygen atoms in total. The van der Waals surface area contributed by atoms with Crippen LogP contribution in [-0.4, -0.2) is 61.6 Å². The fourth-order valence-electron chi connectivity index (χ4n) is 2.41. The largest absolute Gasteiger partial charge is 0.355 e. The minimum absolute atomic E-state index is 0. The Labute approximate surface area is 152 Å². The van der Waals surface area contributed by atoms with E-state index >= 15 is 0 Å². The number of hydrogen-bond acceptors (Lipinski definition) is 3. The van der Waals surface area contributed by atoms with Crippen LogP contribution in [0.4, 0.5) is 0 Å². The van der Waals surface area contributed by atoms with Crippen molar-refractivity contribution >= 4 is 41.7 Å². The first kappa shape index (κ1) is 21.3. The summed E-state index contributed by atoms with van der Waals surface area (Å²) in [6.07, 6.45) is 4.88. The third-order valence-electron chi connectivity index (χ3n) is 3.92. The first-order valence-corrected chi connectivity index (χ1v) is 8.91. The standard InChI is InChI=1S/C15H32N4S.HI/c1-13-7-6-9-19(11-13)10-8-17-14(16-4)18-12-15(2,3)20-5;/h13H,6-12H2,1-5H3,(H2,16,17,18);1H. The number of nitrogens with one attached hydrogen (secondary N) is 2. The number of hydrogen-bond donors (Lipinski definition) is 2. The first-order chi connectivity index (χ1) is 9.46. The highest BCUT2D eigenvalue weighted by atomic mass is 127. The van der Waals surface area contributed by atoms with Crippen LogP contribution < -0.4 is 10.6 Å². The molecule has 1 aliphatic heterocycles. The van der Waals surface area contributed by atoms with Crippen LogP contribution in [0, 0.1) is 5.92 Å². The molecule has 0 aliphatic carbocycles. The number of rotatable bonds is 6. The predicted octanol–water partition coefficient (Wildman–Crippen LogP) is 2.64. The Kier molecular flexibility index (Phi) is 11.1. The molecular formula is C15H33IN4S. The van der Waals surface area contributed by atoms with Gasteiger partial charge in [0.25, 0.3) is 0 Å². The Bertz CT molecular complexity index is 310. The molecule has 126 valence electrons. The molecule has 0 amide bonds. The first-order valence-electron chi connectivity index (χ1n) is 7.69. The smallest absolute Gasteiger partial charge is 0.191 e. The summed E-state index contributed by atoms with van der Waals surface area (Å²) in [5.74, 6) is 1.76. The number of halogens is 1. The van der Waals surface area contributed by atoms with Gasteiger partial charge in [0.2, 0.25) is 0 Å². The van der Waals surface area contributed by atoms with Crippen LogP contribution in [0.25, 0.3) is 0 Å². The van der Waals surface area contributed by atoms with E-state index in [1.54, 1.807) is 0 Å². The monoisotopic (exact) mass is 428 g/mol. The lowest BCUT2D eigenvalue weighted by Crippen LogP contribution is -2.46. The zero-order chi connectivity index (χ0) is 15.0. The van der Waals surface area contributed by atoms with E-state index in [1.165, 1.54) is 25.9 Å². The predicted molar refractivity (Wildman–Crippen MR) is 107 cm³/mol. The van der Waals surface area contributed by atoms with E-state index in [-0.39, 0.29) is 28.7 Å². The molecule has 2 N–H and O–H groups in total. The maximum atomic E-state index is 4.29. The third kappa shape index (κ3) is 9.13. The molecular weight excluding hydrogens is 395 g/mol. The van der Waals surface area contributed by atoms with Gasteiger partial charge in [0.05, 0.1) is 0 Å². The van der Waals surface area contributed by atoms with Crippen LogP contribution in [0.1, 0.15) is 33.6 Å². The molecule has 1 rings (SSSR count). The fourth-order valence-corrected chi connectivity index (χ4v) is 2.63. The maximum Gasteiger partial charge on any atom is 0.191 e. The molecule has 0 aromatic rings. The second-order valence-corrected chi connectivity index (χ2v) is 7.88. The van der Waals surface area contributed by atoms with Gasteiger partial charge in [-0.1, -0.05) is 6.92 Å². The Hall–Kier alpha value is 0.310. The Balaban J connectivity index is 0.00000400. The van der Waals surface area contributed by atoms with Crippen molar-refractivity contribution in [3.05, 3.63) is 0 Å². The van der Waals surface area contributed by atoms with E-state index in [2.05, 4.69) is 47.6 Å². The molecule has 6 heteroatoms. The lowest BCUT2D eigenvalue weighted by atomic mass is 10.0. The quantitative estimate of drug-likeness (QED) is 0.388. The van der Waals surface area contributed by atoms with Crippen LogP contribution in [0.5, 0.6) is 0 Å². The molecule has 1 heterocycles. The lowest BCUT2D eigenvalue weighted by Gasteiger charge is -2.31. The molecule has 1 saturated heterocycles. The minimum Gasteiger partial charge on any atom is -0.355 e. The molecule has 0 aromatic carbocycles. The van der Waals surface area contributed by atoms with Crippen molar-refractivity contribution in [1.29, 1.82) is 0 Å². The summed E-state index contributed by atoms with van der Waals surface area (Å²) in [6, 6.07) is 0. The van der Waals surface area contributed by atoms with Gasteiger partial charge in [-0.2, -0.15) is 11.8 Å². The Morgan fingerprint density at radius 1 is 1.38 bits per heavy atom. The van der Waals surface area contributed by atoms with E-state index in [1.807, 2.05) is 18.8 Å². The van der Waals surface area contributed by atoms with E-state index in [9.17, 15) is 0 Å². The molecule has 1 aliphatic rings. The molecule has 0 saturated carbocycles. The van der Waals surface area contributed by atoms with Gasteiger partial charge in [-0.15, -0.1) is 24.0 Å². The molecule has 1 fully saturated rings. The van der Waals surface area contributed by atoms with E-state index in [0.29, 0.717) is 0 Å². The van der Waals surface area contributed by atoms with Gasteiger partial charge < -0.3 is 15.5 Å². The summed E-state index contributed by atoms with van der Waals surface area (Å²) < 4.78 is 0.236. The fraction of sp³-hybridized carbons (Fsp3) is 0.933. The second-order valence-electron chi connectivity index (χ2n) is 6.36. The van der Waals surface area contributed by atoms with Gasteiger partial charge in [0.15, 0.2) is 5.96 Å². The van der Waals surface area contributed by atoms with Crippen molar-refractivity contribution < 1.29 is 0 Å². The number of thioether (sulfide) groups is 1. The van der Waals surface area contributed by atoms with Gasteiger partial charge in [0.1, 0.15) is 0 Å². The summed E-state index contributed by atoms with van der Waals surface area (Å²) in [6.45, 7) is 12.3. The van der Waals surface area contributed by atoms with Crippen LogP contribution in [0.15, 0.2) is 4.99 Å². The Morgan fingerprint density at radius 2 is 2.10 bits per heavy atom. The van der Waals surface area contributed by atoms with Gasteiger partial charge in [0, 0.05) is 38.0 Å². The van der Waals surface area contributed by atoms with Crippen LogP contribution in [-0.2, 0) is 0 Å². The van der Waals surface area contributed by atoms with Gasteiger partial charge >= 0.3 is 0 Å². The Morgan fingerprint density at radius 3 is 2.67 bits per heavy atom. The molecule has 0 bridgehead atoms. The maximum absolute atomic E-state index is 4.29. The van der Waals surface area contributed by atoms with Crippen molar-refractivity contribution in [2.75, 3.05) is 46.0 Å². The van der Waals surface area contributed by atoms with Crippen molar-refractivity contribution in [2.24, 2.45) is 10.9 Å². The van der Waals surface area contributed by atoms with E-state index in [4.69, 9.17) is 0 Å². The average molecular weight is 428 g/mol. The minimum atomic E-state index is 0. The van der Waals surface area contributed by atoms with Gasteiger partial charge in [-0.05, 0) is 45.4 Å². The second kappa shape index (κ2) is 10.9. The highest BCUT2D eigenvalue weighted by molar-refractivity contribution is 14.0. The van der Waals surface area contributed by atoms with Gasteiger partial charge in [-0.25, -0.2) is 0 Å². The highest BCUT2D eigenvalue weighted by Gasteiger charge is 2.17. The van der Waals surface area contributed by atoms with Gasteiger partial charge in [-0.3, -0.25) is 4.99 Å². The van der Waals surface area contributed by atoms with Crippen molar-refractivity contribution in [3.8, 4) is 0 Å². The van der Waals surface area contributed by atoms with Crippen molar-refractivity contribution in [2.45, 2.75) is 38.4 Å². The summed E-state index contributed by atoms with van der Waals surface area (Å²) in [5.41, 5.74) is 0. The normalized spacial score (nSPS) is 20.8. The summed E-state index contributed by atoms with van der Waals surface area (Å²) in [4.78, 5) is 6.85. The molecule has 21 heavy (non-hydrogen) atoms. The summed E-state index contributed by atoms with van der Waals surface area (Å²) >= 11 is 1.87. The highest BCUT2D eigenvalue weighted by Crippen LogP contribution is 2.19. The van der Waals surface area contributed by atoms with E-state index < -0.39 is 0 Å². The van der Waals surface area contributed by atoms with Crippen LogP contribution in [0.3, 0.4) is 0 Å². The topological polar surface area (TPSA) is 39.7 Å². The average Bonchev–Trinajstić information content (AvgIpc) is 2.42. The number of guanidine groups is 1. The molecule has 0 spiro atoms. The van der Waals surface area contributed by atoms with Crippen LogP contribution >= 0.6 is 35.7 Å². The summed E-state index contributed by atoms with van der Waals surface area (Å²) in [7, 11) is 1.84. The number of piperidine rings is 1. The SMILES string of the molecule is CN=C(NCCN1CCCC(C)C1)NCC(C)(C)SC.I. The molecule has 0 radical (unpaired) electrons. The zero-order valence-electron chi connectivity index (χ0n) is 14.2. The number of aliphatic imine (C=N–C) groups is 1. The lowest BCUT2D eigenvalue weighted by molar-refractivity contribution is 0.187. The zero-order valence-corrected chi connectivity index (χ0v) is 17.4. The van der Waals surface area contributed by atoms with Crippen LogP contribution in [0.2, 0.25) is 0 Å². The molecule has 0 aromatic heterocycles. The van der Waals surface area contributed by atoms with E-state index in [0.717, 1.165) is 31.5 Å². The molecule has 1 atom stereocenters. The van der Waals surface area contributed by atoms with Crippen molar-refractivity contribution in [1.82, 2.24) is 15.5 Å².